The van der Waals surface area contributed by atoms with E-state index in [4.69, 9.17) is 4.74 Å². The number of carbonyl (C=O) groups excluding carboxylic acids is 1. The Morgan fingerprint density at radius 2 is 1.86 bits per heavy atom. The number of amides is 1. The minimum absolute atomic E-state index is 0.191. The van der Waals surface area contributed by atoms with E-state index in [1.54, 1.807) is 12.1 Å². The Labute approximate surface area is 135 Å². The molecule has 122 valence electrons. The van der Waals surface area contributed by atoms with Crippen molar-refractivity contribution in [1.82, 2.24) is 4.90 Å². The van der Waals surface area contributed by atoms with E-state index < -0.39 is 9.84 Å². The van der Waals surface area contributed by atoms with Gasteiger partial charge in [0.2, 0.25) is 5.91 Å². The molecule has 0 aromatic heterocycles. The van der Waals surface area contributed by atoms with Gasteiger partial charge in [0.15, 0.2) is 9.84 Å². The Morgan fingerprint density at radius 3 is 2.45 bits per heavy atom. The van der Waals surface area contributed by atoms with E-state index in [2.05, 4.69) is 0 Å². The van der Waals surface area contributed by atoms with E-state index in [-0.39, 0.29) is 10.8 Å². The van der Waals surface area contributed by atoms with Gasteiger partial charge in [0.05, 0.1) is 11.5 Å². The molecule has 2 rings (SSSR count). The van der Waals surface area contributed by atoms with Gasteiger partial charge in [0, 0.05) is 37.3 Å². The summed E-state index contributed by atoms with van der Waals surface area (Å²) in [5.74, 6) is 2.86. The number of hydrogen-bond acceptors (Lipinski definition) is 5. The molecule has 0 aliphatic carbocycles. The van der Waals surface area contributed by atoms with Gasteiger partial charge >= 0.3 is 0 Å². The van der Waals surface area contributed by atoms with Crippen LogP contribution in [0.4, 0.5) is 0 Å². The minimum Gasteiger partial charge on any atom is -0.494 e. The van der Waals surface area contributed by atoms with E-state index in [1.165, 1.54) is 18.4 Å². The summed E-state index contributed by atoms with van der Waals surface area (Å²) < 4.78 is 28.2. The fourth-order valence-corrected chi connectivity index (χ4v) is 3.70. The molecule has 22 heavy (non-hydrogen) atoms. The molecule has 0 spiro atoms. The molecule has 0 unspecified atom stereocenters. The summed E-state index contributed by atoms with van der Waals surface area (Å²) in [5.41, 5.74) is 0. The summed E-state index contributed by atoms with van der Waals surface area (Å²) in [4.78, 5) is 14.1. The molecule has 0 bridgehead atoms. The Morgan fingerprint density at radius 1 is 1.23 bits per heavy atom. The fraction of sp³-hybridized carbons (Fsp3) is 0.533. The Kier molecular flexibility index (Phi) is 6.14. The predicted molar refractivity (Wildman–Crippen MR) is 88.2 cm³/mol. The lowest BCUT2D eigenvalue weighted by Crippen LogP contribution is -2.37. The summed E-state index contributed by atoms with van der Waals surface area (Å²) >= 11 is 1.88. The van der Waals surface area contributed by atoms with Crippen LogP contribution in [0, 0.1) is 0 Å². The zero-order chi connectivity index (χ0) is 16.0. The van der Waals surface area contributed by atoms with Crippen LogP contribution in [0.15, 0.2) is 29.2 Å². The van der Waals surface area contributed by atoms with Gasteiger partial charge < -0.3 is 9.64 Å². The van der Waals surface area contributed by atoms with E-state index in [0.29, 0.717) is 25.2 Å². The molecule has 0 atom stereocenters. The van der Waals surface area contributed by atoms with Crippen LogP contribution in [0.2, 0.25) is 0 Å². The topological polar surface area (TPSA) is 63.7 Å². The highest BCUT2D eigenvalue weighted by atomic mass is 32.2. The van der Waals surface area contributed by atoms with Crippen LogP contribution in [0.3, 0.4) is 0 Å². The maximum Gasteiger partial charge on any atom is 0.222 e. The molecular formula is C15H21NO4S2. The predicted octanol–water partition coefficient (Wildman–Crippen LogP) is 1.82. The summed E-state index contributed by atoms with van der Waals surface area (Å²) in [6.45, 7) is 2.14. The number of carbonyl (C=O) groups is 1. The lowest BCUT2D eigenvalue weighted by Gasteiger charge is -2.26. The SMILES string of the molecule is CS(=O)(=O)c1ccc(OCCCC(=O)N2CCSCC2)cc1. The summed E-state index contributed by atoms with van der Waals surface area (Å²) in [6.07, 6.45) is 2.33. The van der Waals surface area contributed by atoms with Crippen LogP contribution >= 0.6 is 11.8 Å². The van der Waals surface area contributed by atoms with Crippen molar-refractivity contribution in [2.75, 3.05) is 37.5 Å². The third kappa shape index (κ3) is 5.21. The second-order valence-electron chi connectivity index (χ2n) is 5.19. The zero-order valence-corrected chi connectivity index (χ0v) is 14.3. The van der Waals surface area contributed by atoms with Crippen LogP contribution < -0.4 is 4.74 Å². The molecule has 1 heterocycles. The van der Waals surface area contributed by atoms with Crippen LogP contribution in [-0.4, -0.2) is 56.7 Å². The van der Waals surface area contributed by atoms with Gasteiger partial charge in [-0.05, 0) is 30.7 Å². The third-order valence-corrected chi connectivity index (χ3v) is 5.49. The number of nitrogens with zero attached hydrogens (tertiary/aromatic N) is 1. The van der Waals surface area contributed by atoms with Crippen LogP contribution in [0.25, 0.3) is 0 Å². The van der Waals surface area contributed by atoms with Gasteiger partial charge in [-0.15, -0.1) is 0 Å². The van der Waals surface area contributed by atoms with Crippen molar-refractivity contribution >= 4 is 27.5 Å². The van der Waals surface area contributed by atoms with Crippen molar-refractivity contribution < 1.29 is 17.9 Å². The summed E-state index contributed by atoms with van der Waals surface area (Å²) in [6, 6.07) is 6.34. The molecule has 1 aliphatic heterocycles. The molecular weight excluding hydrogens is 322 g/mol. The zero-order valence-electron chi connectivity index (χ0n) is 12.7. The normalized spacial score (nSPS) is 15.6. The summed E-state index contributed by atoms with van der Waals surface area (Å²) in [5, 5.41) is 0. The van der Waals surface area contributed by atoms with Gasteiger partial charge in [-0.2, -0.15) is 11.8 Å². The number of hydrogen-bond donors (Lipinski definition) is 0. The monoisotopic (exact) mass is 343 g/mol. The molecule has 1 aliphatic rings. The van der Waals surface area contributed by atoms with Crippen molar-refractivity contribution in [3.63, 3.8) is 0 Å². The largest absolute Gasteiger partial charge is 0.494 e. The van der Waals surface area contributed by atoms with Crippen LogP contribution in [-0.2, 0) is 14.6 Å². The van der Waals surface area contributed by atoms with Crippen LogP contribution in [0.1, 0.15) is 12.8 Å². The van der Waals surface area contributed by atoms with Gasteiger partial charge in [-0.1, -0.05) is 0 Å². The number of thioether (sulfide) groups is 1. The molecule has 1 aromatic rings. The summed E-state index contributed by atoms with van der Waals surface area (Å²) in [7, 11) is -3.18. The highest BCUT2D eigenvalue weighted by Crippen LogP contribution is 2.16. The van der Waals surface area contributed by atoms with Crippen molar-refractivity contribution in [1.29, 1.82) is 0 Å². The van der Waals surface area contributed by atoms with Gasteiger partial charge in [-0.3, -0.25) is 4.79 Å². The quantitative estimate of drug-likeness (QED) is 0.737. The molecule has 1 fully saturated rings. The third-order valence-electron chi connectivity index (χ3n) is 3.42. The number of ether oxygens (including phenoxy) is 1. The second kappa shape index (κ2) is 7.87. The highest BCUT2D eigenvalue weighted by molar-refractivity contribution is 7.99. The lowest BCUT2D eigenvalue weighted by molar-refractivity contribution is -0.131. The maximum atomic E-state index is 12.0. The standard InChI is InChI=1S/C15H21NO4S2/c1-22(18,19)14-6-4-13(5-7-14)20-10-2-3-15(17)16-8-11-21-12-9-16/h4-7H,2-3,8-12H2,1H3. The molecule has 0 N–H and O–H groups in total. The minimum atomic E-state index is -3.18. The first-order chi connectivity index (χ1) is 10.5. The van der Waals surface area contributed by atoms with E-state index in [9.17, 15) is 13.2 Å². The van der Waals surface area contributed by atoms with E-state index in [0.717, 1.165) is 24.6 Å². The van der Waals surface area contributed by atoms with Gasteiger partial charge in [0.1, 0.15) is 5.75 Å². The molecule has 1 amide bonds. The molecule has 5 nitrogen and oxygen atoms in total. The van der Waals surface area contributed by atoms with E-state index >= 15 is 0 Å². The van der Waals surface area contributed by atoms with Gasteiger partial charge in [0.25, 0.3) is 0 Å². The molecule has 1 aromatic carbocycles. The van der Waals surface area contributed by atoms with Crippen molar-refractivity contribution in [3.8, 4) is 5.75 Å². The Bertz CT molecular complexity index is 592. The molecule has 7 heteroatoms. The Balaban J connectivity index is 1.71. The van der Waals surface area contributed by atoms with Crippen molar-refractivity contribution in [2.24, 2.45) is 0 Å². The average Bonchev–Trinajstić information content (AvgIpc) is 2.52. The number of sulfone groups is 1. The van der Waals surface area contributed by atoms with Crippen LogP contribution in [0.5, 0.6) is 5.75 Å². The van der Waals surface area contributed by atoms with Gasteiger partial charge in [-0.25, -0.2) is 8.42 Å². The molecule has 0 radical (unpaired) electrons. The smallest absolute Gasteiger partial charge is 0.222 e. The highest BCUT2D eigenvalue weighted by Gasteiger charge is 2.16. The molecule has 1 saturated heterocycles. The lowest BCUT2D eigenvalue weighted by atomic mass is 10.3. The second-order valence-corrected chi connectivity index (χ2v) is 8.43. The van der Waals surface area contributed by atoms with Crippen molar-refractivity contribution in [3.05, 3.63) is 24.3 Å². The number of benzene rings is 1. The molecule has 0 saturated carbocycles. The fourth-order valence-electron chi connectivity index (χ4n) is 2.17. The Hall–Kier alpha value is -1.21. The van der Waals surface area contributed by atoms with E-state index in [1.807, 2.05) is 16.7 Å². The average molecular weight is 343 g/mol. The maximum absolute atomic E-state index is 12.0. The first-order valence-electron chi connectivity index (χ1n) is 7.25. The first kappa shape index (κ1) is 17.1. The van der Waals surface area contributed by atoms with Crippen molar-refractivity contribution in [2.45, 2.75) is 17.7 Å². The first-order valence-corrected chi connectivity index (χ1v) is 10.3. The number of rotatable bonds is 6.